The van der Waals surface area contributed by atoms with Gasteiger partial charge < -0.3 is 14.9 Å². The Morgan fingerprint density at radius 1 is 1.54 bits per heavy atom. The van der Waals surface area contributed by atoms with Gasteiger partial charge in [0, 0.05) is 12.1 Å². The molecule has 1 atom stereocenters. The Labute approximate surface area is 77.9 Å². The van der Waals surface area contributed by atoms with Gasteiger partial charge in [-0.1, -0.05) is 0 Å². The van der Waals surface area contributed by atoms with E-state index in [-0.39, 0.29) is 5.54 Å². The fraction of sp³-hybridized carbons (Fsp3) is 0.600. The minimum atomic E-state index is -0.178. The molecule has 0 aliphatic carbocycles. The summed E-state index contributed by atoms with van der Waals surface area (Å²) in [5, 5.41) is 0. The summed E-state index contributed by atoms with van der Waals surface area (Å²) in [5.74, 6) is 0. The maximum absolute atomic E-state index is 6.18. The van der Waals surface area contributed by atoms with Gasteiger partial charge in [0.2, 0.25) is 0 Å². The number of hydrogen-bond acceptors (Lipinski definition) is 3. The molecule has 2 heterocycles. The van der Waals surface area contributed by atoms with Crippen LogP contribution >= 0.6 is 0 Å². The number of hydrogen-bond donors (Lipinski definition) is 1. The van der Waals surface area contributed by atoms with E-state index >= 15 is 0 Å². The van der Waals surface area contributed by atoms with Crippen molar-refractivity contribution in [2.45, 2.75) is 24.8 Å². The molecule has 3 nitrogen and oxygen atoms in total. The average molecular weight is 181 g/mol. The van der Waals surface area contributed by atoms with E-state index in [1.807, 2.05) is 6.07 Å². The first-order valence-corrected chi connectivity index (χ1v) is 4.66. The van der Waals surface area contributed by atoms with Crippen molar-refractivity contribution in [2.75, 3.05) is 13.2 Å². The van der Waals surface area contributed by atoms with Crippen molar-refractivity contribution >= 4 is 0 Å². The molecule has 1 unspecified atom stereocenters. The summed E-state index contributed by atoms with van der Waals surface area (Å²) >= 11 is 0. The van der Waals surface area contributed by atoms with E-state index in [0.29, 0.717) is 6.61 Å². The number of rotatable bonds is 2. The molecular weight excluding hydrogens is 166 g/mol. The number of ether oxygens (including phenoxy) is 1. The van der Waals surface area contributed by atoms with Crippen LogP contribution in [0.3, 0.4) is 0 Å². The zero-order valence-corrected chi connectivity index (χ0v) is 7.66. The lowest BCUT2D eigenvalue weighted by molar-refractivity contribution is 0.0382. The van der Waals surface area contributed by atoms with E-state index in [9.17, 15) is 0 Å². The lowest BCUT2D eigenvalue weighted by Crippen LogP contribution is -2.49. The van der Waals surface area contributed by atoms with Crippen LogP contribution in [-0.4, -0.2) is 18.8 Å². The highest BCUT2D eigenvalue weighted by Crippen LogP contribution is 2.21. The van der Waals surface area contributed by atoms with E-state index < -0.39 is 0 Å². The summed E-state index contributed by atoms with van der Waals surface area (Å²) < 4.78 is 10.4. The Morgan fingerprint density at radius 2 is 2.46 bits per heavy atom. The van der Waals surface area contributed by atoms with Crippen LogP contribution in [0, 0.1) is 0 Å². The molecule has 2 N–H and O–H groups in total. The average Bonchev–Trinajstić information content (AvgIpc) is 2.57. The molecule has 3 heteroatoms. The molecule has 1 fully saturated rings. The van der Waals surface area contributed by atoms with E-state index in [2.05, 4.69) is 0 Å². The second kappa shape index (κ2) is 3.52. The van der Waals surface area contributed by atoms with Gasteiger partial charge in [-0.15, -0.1) is 0 Å². The number of furan rings is 1. The van der Waals surface area contributed by atoms with Gasteiger partial charge in [-0.3, -0.25) is 0 Å². The summed E-state index contributed by atoms with van der Waals surface area (Å²) in [6.07, 6.45) is 6.39. The van der Waals surface area contributed by atoms with Crippen LogP contribution in [0.5, 0.6) is 0 Å². The maximum atomic E-state index is 6.18. The van der Waals surface area contributed by atoms with Gasteiger partial charge in [0.15, 0.2) is 0 Å². The van der Waals surface area contributed by atoms with Gasteiger partial charge >= 0.3 is 0 Å². The van der Waals surface area contributed by atoms with Crippen LogP contribution in [0.15, 0.2) is 23.0 Å². The predicted molar refractivity (Wildman–Crippen MR) is 49.4 cm³/mol. The zero-order chi connectivity index (χ0) is 9.15. The molecule has 0 spiro atoms. The summed E-state index contributed by atoms with van der Waals surface area (Å²) in [6, 6.07) is 1.96. The molecule has 1 aromatic heterocycles. The first kappa shape index (κ1) is 8.78. The summed E-state index contributed by atoms with van der Waals surface area (Å²) in [6.45, 7) is 1.52. The molecule has 0 bridgehead atoms. The van der Waals surface area contributed by atoms with E-state index in [1.165, 1.54) is 0 Å². The Balaban J connectivity index is 1.99. The lowest BCUT2D eigenvalue weighted by atomic mass is 9.88. The van der Waals surface area contributed by atoms with Crippen LogP contribution in [-0.2, 0) is 11.2 Å². The molecule has 72 valence electrons. The van der Waals surface area contributed by atoms with Crippen LogP contribution in [0.4, 0.5) is 0 Å². The standard InChI is InChI=1S/C10H15NO2/c11-10(3-1-4-13-8-10)6-9-2-5-12-7-9/h2,5,7H,1,3-4,6,8,11H2. The summed E-state index contributed by atoms with van der Waals surface area (Å²) in [7, 11) is 0. The molecule has 0 radical (unpaired) electrons. The van der Waals surface area contributed by atoms with Crippen LogP contribution in [0.2, 0.25) is 0 Å². The van der Waals surface area contributed by atoms with Gasteiger partial charge in [-0.05, 0) is 30.9 Å². The Kier molecular flexibility index (Phi) is 2.38. The molecule has 0 saturated carbocycles. The van der Waals surface area contributed by atoms with Gasteiger partial charge in [0.25, 0.3) is 0 Å². The zero-order valence-electron chi connectivity index (χ0n) is 7.66. The fourth-order valence-electron chi connectivity index (χ4n) is 1.81. The van der Waals surface area contributed by atoms with Crippen molar-refractivity contribution in [1.82, 2.24) is 0 Å². The molecule has 1 aliphatic rings. The molecule has 13 heavy (non-hydrogen) atoms. The maximum Gasteiger partial charge on any atom is 0.0935 e. The minimum Gasteiger partial charge on any atom is -0.472 e. The minimum absolute atomic E-state index is 0.178. The monoisotopic (exact) mass is 181 g/mol. The highest BCUT2D eigenvalue weighted by molar-refractivity contribution is 5.11. The third-order valence-corrected chi connectivity index (χ3v) is 2.49. The SMILES string of the molecule is NC1(Cc2ccoc2)CCCOC1. The van der Waals surface area contributed by atoms with Gasteiger partial charge in [-0.25, -0.2) is 0 Å². The topological polar surface area (TPSA) is 48.4 Å². The number of nitrogens with two attached hydrogens (primary N) is 1. The summed E-state index contributed by atoms with van der Waals surface area (Å²) in [4.78, 5) is 0. The molecule has 1 aromatic rings. The van der Waals surface area contributed by atoms with Crippen molar-refractivity contribution in [3.63, 3.8) is 0 Å². The predicted octanol–water partition coefficient (Wildman–Crippen LogP) is 1.33. The van der Waals surface area contributed by atoms with E-state index in [1.54, 1.807) is 12.5 Å². The molecule has 1 saturated heterocycles. The Bertz CT molecular complexity index is 250. The molecule has 0 aromatic carbocycles. The lowest BCUT2D eigenvalue weighted by Gasteiger charge is -2.32. The van der Waals surface area contributed by atoms with Gasteiger partial charge in [0.05, 0.1) is 19.1 Å². The van der Waals surface area contributed by atoms with Crippen LogP contribution in [0.1, 0.15) is 18.4 Å². The molecular formula is C10H15NO2. The van der Waals surface area contributed by atoms with Crippen molar-refractivity contribution in [1.29, 1.82) is 0 Å². The second-order valence-electron chi connectivity index (χ2n) is 3.83. The van der Waals surface area contributed by atoms with Gasteiger partial charge in [-0.2, -0.15) is 0 Å². The summed E-state index contributed by atoms with van der Waals surface area (Å²) in [5.41, 5.74) is 7.17. The fourth-order valence-corrected chi connectivity index (χ4v) is 1.81. The Morgan fingerprint density at radius 3 is 3.08 bits per heavy atom. The van der Waals surface area contributed by atoms with Crippen LogP contribution < -0.4 is 5.73 Å². The van der Waals surface area contributed by atoms with Crippen molar-refractivity contribution in [3.05, 3.63) is 24.2 Å². The molecule has 2 rings (SSSR count). The first-order valence-electron chi connectivity index (χ1n) is 4.66. The largest absolute Gasteiger partial charge is 0.472 e. The van der Waals surface area contributed by atoms with Crippen molar-refractivity contribution < 1.29 is 9.15 Å². The van der Waals surface area contributed by atoms with Gasteiger partial charge in [0.1, 0.15) is 0 Å². The smallest absolute Gasteiger partial charge is 0.0935 e. The second-order valence-corrected chi connectivity index (χ2v) is 3.83. The van der Waals surface area contributed by atoms with E-state index in [0.717, 1.165) is 31.4 Å². The quantitative estimate of drug-likeness (QED) is 0.748. The third kappa shape index (κ3) is 2.11. The van der Waals surface area contributed by atoms with Crippen molar-refractivity contribution in [2.24, 2.45) is 5.73 Å². The first-order chi connectivity index (χ1) is 6.29. The van der Waals surface area contributed by atoms with Crippen LogP contribution in [0.25, 0.3) is 0 Å². The van der Waals surface area contributed by atoms with E-state index in [4.69, 9.17) is 14.9 Å². The third-order valence-electron chi connectivity index (χ3n) is 2.49. The normalized spacial score (nSPS) is 29.0. The highest BCUT2D eigenvalue weighted by atomic mass is 16.5. The van der Waals surface area contributed by atoms with Crippen molar-refractivity contribution in [3.8, 4) is 0 Å². The molecule has 1 aliphatic heterocycles. The molecule has 0 amide bonds. The highest BCUT2D eigenvalue weighted by Gasteiger charge is 2.28. The Hall–Kier alpha value is -0.800.